The van der Waals surface area contributed by atoms with Crippen molar-refractivity contribution in [3.05, 3.63) is 0 Å². The van der Waals surface area contributed by atoms with Crippen LogP contribution >= 0.6 is 0 Å². The SMILES string of the molecule is CCCOCCN1C(=O)C(C)(C)NC(=O)C12CCCCC2. The third-order valence-electron chi connectivity index (χ3n) is 4.63. The van der Waals surface area contributed by atoms with E-state index in [1.165, 1.54) is 0 Å². The summed E-state index contributed by atoms with van der Waals surface area (Å²) in [5.41, 5.74) is -1.45. The average Bonchev–Trinajstić information content (AvgIpc) is 2.46. The molecule has 0 aromatic heterocycles. The van der Waals surface area contributed by atoms with Gasteiger partial charge in [-0.15, -0.1) is 0 Å². The second kappa shape index (κ2) is 6.34. The molecule has 5 heteroatoms. The Balaban J connectivity index is 2.18. The molecule has 2 amide bonds. The second-order valence-corrected chi connectivity index (χ2v) is 6.74. The highest BCUT2D eigenvalue weighted by molar-refractivity contribution is 6.01. The van der Waals surface area contributed by atoms with Gasteiger partial charge in [-0.1, -0.05) is 26.2 Å². The first-order valence-corrected chi connectivity index (χ1v) is 8.16. The molecule has 0 atom stereocenters. The lowest BCUT2D eigenvalue weighted by atomic mass is 9.76. The van der Waals surface area contributed by atoms with Crippen LogP contribution in [0.25, 0.3) is 0 Å². The fourth-order valence-corrected chi connectivity index (χ4v) is 3.46. The molecule has 0 radical (unpaired) electrons. The van der Waals surface area contributed by atoms with Crippen LogP contribution in [0.4, 0.5) is 0 Å². The van der Waals surface area contributed by atoms with E-state index in [0.29, 0.717) is 19.8 Å². The van der Waals surface area contributed by atoms with Gasteiger partial charge in [0.2, 0.25) is 11.8 Å². The van der Waals surface area contributed by atoms with Crippen molar-refractivity contribution in [3.8, 4) is 0 Å². The number of hydrogen-bond acceptors (Lipinski definition) is 3. The van der Waals surface area contributed by atoms with Crippen LogP contribution < -0.4 is 5.32 Å². The van der Waals surface area contributed by atoms with Crippen molar-refractivity contribution in [2.45, 2.75) is 70.4 Å². The predicted molar refractivity (Wildman–Crippen MR) is 80.9 cm³/mol. The van der Waals surface area contributed by atoms with Gasteiger partial charge in [-0.05, 0) is 33.1 Å². The van der Waals surface area contributed by atoms with Crippen molar-refractivity contribution >= 4 is 11.8 Å². The molecule has 1 aliphatic heterocycles. The van der Waals surface area contributed by atoms with Gasteiger partial charge in [0.05, 0.1) is 6.61 Å². The van der Waals surface area contributed by atoms with Crippen molar-refractivity contribution in [2.24, 2.45) is 0 Å². The van der Waals surface area contributed by atoms with Crippen LogP contribution in [0.2, 0.25) is 0 Å². The highest BCUT2D eigenvalue weighted by Crippen LogP contribution is 2.38. The molecule has 1 heterocycles. The fraction of sp³-hybridized carbons (Fsp3) is 0.875. The van der Waals surface area contributed by atoms with Gasteiger partial charge in [-0.3, -0.25) is 9.59 Å². The van der Waals surface area contributed by atoms with Crippen molar-refractivity contribution in [3.63, 3.8) is 0 Å². The number of nitrogens with one attached hydrogen (secondary N) is 1. The van der Waals surface area contributed by atoms with Gasteiger partial charge in [0.25, 0.3) is 0 Å². The zero-order chi connectivity index (χ0) is 15.5. The fourth-order valence-electron chi connectivity index (χ4n) is 3.46. The highest BCUT2D eigenvalue weighted by Gasteiger charge is 2.55. The van der Waals surface area contributed by atoms with Crippen LogP contribution in [-0.4, -0.2) is 47.6 Å². The van der Waals surface area contributed by atoms with E-state index in [1.54, 1.807) is 18.7 Å². The normalized spacial score (nSPS) is 24.2. The Labute approximate surface area is 127 Å². The van der Waals surface area contributed by atoms with Crippen molar-refractivity contribution in [1.82, 2.24) is 10.2 Å². The highest BCUT2D eigenvalue weighted by atomic mass is 16.5. The van der Waals surface area contributed by atoms with E-state index in [0.717, 1.165) is 38.5 Å². The summed E-state index contributed by atoms with van der Waals surface area (Å²) in [5, 5.41) is 2.93. The molecule has 1 spiro atoms. The van der Waals surface area contributed by atoms with Crippen molar-refractivity contribution in [2.75, 3.05) is 19.8 Å². The zero-order valence-corrected chi connectivity index (χ0v) is 13.5. The first kappa shape index (κ1) is 16.3. The quantitative estimate of drug-likeness (QED) is 0.788. The summed E-state index contributed by atoms with van der Waals surface area (Å²) in [6, 6.07) is 0. The van der Waals surface area contributed by atoms with Gasteiger partial charge < -0.3 is 15.0 Å². The topological polar surface area (TPSA) is 58.6 Å². The van der Waals surface area contributed by atoms with Crippen molar-refractivity contribution < 1.29 is 14.3 Å². The summed E-state index contributed by atoms with van der Waals surface area (Å²) < 4.78 is 5.55. The molecule has 21 heavy (non-hydrogen) atoms. The standard InChI is InChI=1S/C16H28N2O3/c1-4-11-21-12-10-18-14(20)15(2,3)17-13(19)16(18)8-6-5-7-9-16/h4-12H2,1-3H3,(H,17,19). The molecule has 120 valence electrons. The molecule has 2 rings (SSSR count). The van der Waals surface area contributed by atoms with Crippen LogP contribution in [0.3, 0.4) is 0 Å². The number of carbonyl (C=O) groups excluding carboxylic acids is 2. The Morgan fingerprint density at radius 1 is 1.14 bits per heavy atom. The second-order valence-electron chi connectivity index (χ2n) is 6.74. The maximum atomic E-state index is 12.8. The van der Waals surface area contributed by atoms with Gasteiger partial charge in [0, 0.05) is 13.2 Å². The van der Waals surface area contributed by atoms with E-state index < -0.39 is 11.1 Å². The first-order chi connectivity index (χ1) is 9.94. The van der Waals surface area contributed by atoms with Crippen LogP contribution in [-0.2, 0) is 14.3 Å². The van der Waals surface area contributed by atoms with E-state index in [2.05, 4.69) is 12.2 Å². The van der Waals surface area contributed by atoms with Gasteiger partial charge in [-0.25, -0.2) is 0 Å². The average molecular weight is 296 g/mol. The number of ether oxygens (including phenoxy) is 1. The maximum Gasteiger partial charge on any atom is 0.248 e. The molecular formula is C16H28N2O3. The Morgan fingerprint density at radius 3 is 2.43 bits per heavy atom. The molecule has 2 fully saturated rings. The summed E-state index contributed by atoms with van der Waals surface area (Å²) in [4.78, 5) is 27.3. The summed E-state index contributed by atoms with van der Waals surface area (Å²) in [7, 11) is 0. The minimum Gasteiger partial charge on any atom is -0.380 e. The molecule has 1 saturated heterocycles. The Morgan fingerprint density at radius 2 is 1.81 bits per heavy atom. The Bertz CT molecular complexity index is 400. The molecule has 1 saturated carbocycles. The minimum atomic E-state index is -0.815. The lowest BCUT2D eigenvalue weighted by molar-refractivity contribution is -0.165. The van der Waals surface area contributed by atoms with E-state index in [-0.39, 0.29) is 11.8 Å². The van der Waals surface area contributed by atoms with Gasteiger partial charge in [0.15, 0.2) is 0 Å². The zero-order valence-electron chi connectivity index (χ0n) is 13.5. The third kappa shape index (κ3) is 3.07. The number of nitrogens with zero attached hydrogens (tertiary/aromatic N) is 1. The van der Waals surface area contributed by atoms with Crippen LogP contribution in [0, 0.1) is 0 Å². The first-order valence-electron chi connectivity index (χ1n) is 8.16. The molecular weight excluding hydrogens is 268 g/mol. The Hall–Kier alpha value is -1.10. The number of rotatable bonds is 5. The van der Waals surface area contributed by atoms with Gasteiger partial charge in [0.1, 0.15) is 11.1 Å². The molecule has 0 bridgehead atoms. The van der Waals surface area contributed by atoms with Crippen LogP contribution in [0.5, 0.6) is 0 Å². The van der Waals surface area contributed by atoms with Crippen LogP contribution in [0.15, 0.2) is 0 Å². The Kier molecular flexibility index (Phi) is 4.91. The maximum absolute atomic E-state index is 12.8. The largest absolute Gasteiger partial charge is 0.380 e. The molecule has 1 N–H and O–H groups in total. The molecule has 1 aliphatic carbocycles. The number of carbonyl (C=O) groups is 2. The van der Waals surface area contributed by atoms with Gasteiger partial charge in [-0.2, -0.15) is 0 Å². The molecule has 0 unspecified atom stereocenters. The number of hydrogen-bond donors (Lipinski definition) is 1. The van der Waals surface area contributed by atoms with Gasteiger partial charge >= 0.3 is 0 Å². The third-order valence-corrected chi connectivity index (χ3v) is 4.63. The molecule has 0 aromatic carbocycles. The summed E-state index contributed by atoms with van der Waals surface area (Å²) in [6.45, 7) is 7.34. The smallest absolute Gasteiger partial charge is 0.248 e. The van der Waals surface area contributed by atoms with E-state index in [9.17, 15) is 9.59 Å². The van der Waals surface area contributed by atoms with Crippen LogP contribution in [0.1, 0.15) is 59.3 Å². The van der Waals surface area contributed by atoms with E-state index in [1.807, 2.05) is 0 Å². The molecule has 2 aliphatic rings. The lowest BCUT2D eigenvalue weighted by Crippen LogP contribution is -2.74. The number of piperazine rings is 1. The summed E-state index contributed by atoms with van der Waals surface area (Å²) in [5.74, 6) is 0.0337. The van der Waals surface area contributed by atoms with E-state index in [4.69, 9.17) is 4.74 Å². The number of amides is 2. The summed E-state index contributed by atoms with van der Waals surface area (Å²) in [6.07, 6.45) is 5.67. The monoisotopic (exact) mass is 296 g/mol. The lowest BCUT2D eigenvalue weighted by Gasteiger charge is -2.52. The minimum absolute atomic E-state index is 0.0160. The molecule has 5 nitrogen and oxygen atoms in total. The van der Waals surface area contributed by atoms with E-state index >= 15 is 0 Å². The summed E-state index contributed by atoms with van der Waals surface area (Å²) >= 11 is 0. The molecule has 0 aromatic rings. The predicted octanol–water partition coefficient (Wildman–Crippen LogP) is 1.85. The van der Waals surface area contributed by atoms with Crippen molar-refractivity contribution in [1.29, 1.82) is 0 Å².